The highest BCUT2D eigenvalue weighted by Gasteiger charge is 2.36. The Morgan fingerprint density at radius 3 is 2.81 bits per heavy atom. The zero-order valence-corrected chi connectivity index (χ0v) is 13.5. The maximum absolute atomic E-state index is 12.3. The molecule has 21 heavy (non-hydrogen) atoms. The van der Waals surface area contributed by atoms with E-state index in [0.717, 1.165) is 5.56 Å². The lowest BCUT2D eigenvalue weighted by molar-refractivity contribution is -0.125. The fourth-order valence-electron chi connectivity index (χ4n) is 2.54. The van der Waals surface area contributed by atoms with Gasteiger partial charge >= 0.3 is 0 Å². The van der Waals surface area contributed by atoms with Crippen LogP contribution in [0.5, 0.6) is 0 Å². The number of nitrogens with zero attached hydrogens (tertiary/aromatic N) is 1. The number of amides is 1. The fraction of sp³-hybridized carbons (Fsp3) is 0.500. The minimum absolute atomic E-state index is 0.120. The molecular formula is C14H19ClN2O3S. The number of benzene rings is 1. The van der Waals surface area contributed by atoms with Crippen LogP contribution in [0.25, 0.3) is 0 Å². The molecule has 5 nitrogen and oxygen atoms in total. The molecule has 1 heterocycles. The van der Waals surface area contributed by atoms with E-state index in [9.17, 15) is 13.2 Å². The number of hydrogen-bond donors (Lipinski definition) is 1. The lowest BCUT2D eigenvalue weighted by Crippen LogP contribution is -2.52. The third-order valence-corrected chi connectivity index (χ3v) is 6.01. The Morgan fingerprint density at radius 1 is 1.43 bits per heavy atom. The van der Waals surface area contributed by atoms with E-state index in [1.54, 1.807) is 13.0 Å². The molecule has 1 saturated heterocycles. The Labute approximate surface area is 130 Å². The summed E-state index contributed by atoms with van der Waals surface area (Å²) in [6, 6.07) is 6.64. The van der Waals surface area contributed by atoms with Crippen molar-refractivity contribution in [1.29, 1.82) is 0 Å². The lowest BCUT2D eigenvalue weighted by atomic mass is 10.1. The highest BCUT2D eigenvalue weighted by atomic mass is 35.5. The maximum atomic E-state index is 12.3. The molecule has 0 spiro atoms. The number of nitrogens with one attached hydrogen (secondary N) is 1. The van der Waals surface area contributed by atoms with Crippen LogP contribution in [0, 0.1) is 0 Å². The predicted molar refractivity (Wildman–Crippen MR) is 82.5 cm³/mol. The molecule has 1 N–H and O–H groups in total. The molecule has 0 aromatic heterocycles. The summed E-state index contributed by atoms with van der Waals surface area (Å²) in [4.78, 5) is 12.3. The van der Waals surface area contributed by atoms with Crippen LogP contribution in [-0.2, 0) is 21.4 Å². The van der Waals surface area contributed by atoms with Crippen molar-refractivity contribution in [2.75, 3.05) is 12.3 Å². The van der Waals surface area contributed by atoms with Crippen LogP contribution in [0.3, 0.4) is 0 Å². The molecule has 0 aliphatic carbocycles. The van der Waals surface area contributed by atoms with Crippen LogP contribution in [0.4, 0.5) is 0 Å². The van der Waals surface area contributed by atoms with Gasteiger partial charge in [0.05, 0.1) is 5.75 Å². The largest absolute Gasteiger partial charge is 0.351 e. The Morgan fingerprint density at radius 2 is 2.14 bits per heavy atom. The van der Waals surface area contributed by atoms with Crippen molar-refractivity contribution in [1.82, 2.24) is 9.62 Å². The summed E-state index contributed by atoms with van der Waals surface area (Å²) < 4.78 is 25.3. The fourth-order valence-corrected chi connectivity index (χ4v) is 4.49. The van der Waals surface area contributed by atoms with Gasteiger partial charge in [-0.05, 0) is 24.5 Å². The number of halogens is 1. The van der Waals surface area contributed by atoms with Crippen molar-refractivity contribution in [2.45, 2.75) is 32.4 Å². The molecule has 0 bridgehead atoms. The molecule has 1 aromatic carbocycles. The molecule has 1 aliphatic heterocycles. The van der Waals surface area contributed by atoms with Crippen LogP contribution in [0.1, 0.15) is 25.3 Å². The number of carbonyl (C=O) groups is 1. The molecule has 1 aromatic rings. The molecule has 1 fully saturated rings. The second kappa shape index (κ2) is 6.77. The van der Waals surface area contributed by atoms with Gasteiger partial charge in [0.2, 0.25) is 15.9 Å². The highest BCUT2D eigenvalue weighted by molar-refractivity contribution is 7.89. The van der Waals surface area contributed by atoms with Crippen molar-refractivity contribution in [3.05, 3.63) is 34.9 Å². The van der Waals surface area contributed by atoms with Gasteiger partial charge in [-0.3, -0.25) is 4.79 Å². The van der Waals surface area contributed by atoms with Gasteiger partial charge in [0.1, 0.15) is 6.04 Å². The van der Waals surface area contributed by atoms with E-state index in [1.807, 2.05) is 18.2 Å². The van der Waals surface area contributed by atoms with Gasteiger partial charge in [0.15, 0.2) is 0 Å². The van der Waals surface area contributed by atoms with Gasteiger partial charge in [0, 0.05) is 18.1 Å². The average Bonchev–Trinajstić information content (AvgIpc) is 2.45. The third kappa shape index (κ3) is 3.75. The highest BCUT2D eigenvalue weighted by Crippen LogP contribution is 2.21. The van der Waals surface area contributed by atoms with Crippen LogP contribution >= 0.6 is 11.6 Å². The van der Waals surface area contributed by atoms with E-state index < -0.39 is 16.1 Å². The first-order valence-corrected chi connectivity index (χ1v) is 8.95. The Bertz CT molecular complexity index is 618. The molecule has 1 atom stereocenters. The van der Waals surface area contributed by atoms with Crippen molar-refractivity contribution in [3.8, 4) is 0 Å². The molecular weight excluding hydrogens is 312 g/mol. The van der Waals surface area contributed by atoms with Crippen molar-refractivity contribution >= 4 is 27.5 Å². The first kappa shape index (κ1) is 16.3. The molecule has 0 saturated carbocycles. The summed E-state index contributed by atoms with van der Waals surface area (Å²) in [5.41, 5.74) is 0.814. The van der Waals surface area contributed by atoms with E-state index in [4.69, 9.17) is 11.6 Å². The van der Waals surface area contributed by atoms with Crippen molar-refractivity contribution in [2.24, 2.45) is 0 Å². The van der Waals surface area contributed by atoms with E-state index in [0.29, 0.717) is 31.0 Å². The summed E-state index contributed by atoms with van der Waals surface area (Å²) >= 11 is 6.04. The van der Waals surface area contributed by atoms with Gasteiger partial charge in [-0.2, -0.15) is 4.31 Å². The standard InChI is InChI=1S/C14H19ClN2O3S/c1-2-17-13(8-5-9-21(17,19)20)14(18)16-10-11-6-3-4-7-12(11)15/h3-4,6-7,13H,2,5,8-10H2,1H3,(H,16,18). The Kier molecular flexibility index (Phi) is 5.24. The summed E-state index contributed by atoms with van der Waals surface area (Å²) in [5, 5.41) is 3.37. The van der Waals surface area contributed by atoms with Gasteiger partial charge in [-0.25, -0.2) is 8.42 Å². The first-order chi connectivity index (χ1) is 9.95. The lowest BCUT2D eigenvalue weighted by Gasteiger charge is -2.32. The molecule has 1 aliphatic rings. The summed E-state index contributed by atoms with van der Waals surface area (Å²) in [6.45, 7) is 2.36. The van der Waals surface area contributed by atoms with Crippen LogP contribution in [0.2, 0.25) is 5.02 Å². The Balaban J connectivity index is 2.04. The first-order valence-electron chi connectivity index (χ1n) is 6.96. The number of sulfonamides is 1. The van der Waals surface area contributed by atoms with E-state index >= 15 is 0 Å². The zero-order valence-electron chi connectivity index (χ0n) is 11.9. The quantitative estimate of drug-likeness (QED) is 0.915. The summed E-state index contributed by atoms with van der Waals surface area (Å²) in [6.07, 6.45) is 1.07. The van der Waals surface area contributed by atoms with E-state index in [-0.39, 0.29) is 11.7 Å². The van der Waals surface area contributed by atoms with Gasteiger partial charge in [-0.15, -0.1) is 0 Å². The van der Waals surface area contributed by atoms with E-state index in [1.165, 1.54) is 4.31 Å². The predicted octanol–water partition coefficient (Wildman–Crippen LogP) is 1.77. The zero-order chi connectivity index (χ0) is 15.5. The van der Waals surface area contributed by atoms with Crippen molar-refractivity contribution < 1.29 is 13.2 Å². The topological polar surface area (TPSA) is 66.5 Å². The summed E-state index contributed by atoms with van der Waals surface area (Å²) in [7, 11) is -3.31. The Hall–Kier alpha value is -1.11. The third-order valence-electron chi connectivity index (χ3n) is 3.61. The van der Waals surface area contributed by atoms with Gasteiger partial charge in [-0.1, -0.05) is 36.7 Å². The normalized spacial score (nSPS) is 21.9. The monoisotopic (exact) mass is 330 g/mol. The smallest absolute Gasteiger partial charge is 0.238 e. The number of carbonyl (C=O) groups excluding carboxylic acids is 1. The second-order valence-electron chi connectivity index (χ2n) is 4.99. The molecule has 7 heteroatoms. The molecule has 0 radical (unpaired) electrons. The number of rotatable bonds is 4. The minimum Gasteiger partial charge on any atom is -0.351 e. The molecule has 1 amide bonds. The average molecular weight is 331 g/mol. The van der Waals surface area contributed by atoms with E-state index in [2.05, 4.69) is 5.32 Å². The van der Waals surface area contributed by atoms with Crippen molar-refractivity contribution in [3.63, 3.8) is 0 Å². The second-order valence-corrected chi connectivity index (χ2v) is 7.43. The van der Waals surface area contributed by atoms with Gasteiger partial charge < -0.3 is 5.32 Å². The SMILES string of the molecule is CCN1C(C(=O)NCc2ccccc2Cl)CCCS1(=O)=O. The number of hydrogen-bond acceptors (Lipinski definition) is 3. The molecule has 116 valence electrons. The maximum Gasteiger partial charge on any atom is 0.238 e. The summed E-state index contributed by atoms with van der Waals surface area (Å²) in [5.74, 6) is -0.144. The van der Waals surface area contributed by atoms with Crippen LogP contribution in [0.15, 0.2) is 24.3 Å². The van der Waals surface area contributed by atoms with Crippen LogP contribution in [-0.4, -0.2) is 37.0 Å². The van der Waals surface area contributed by atoms with Gasteiger partial charge in [0.25, 0.3) is 0 Å². The molecule has 1 unspecified atom stereocenters. The minimum atomic E-state index is -3.31. The number of likely N-dealkylation sites (N-methyl/N-ethyl adjacent to an activating group) is 1. The molecule has 2 rings (SSSR count). The van der Waals surface area contributed by atoms with Crippen LogP contribution < -0.4 is 5.32 Å².